The number of rotatable bonds is 6. The summed E-state index contributed by atoms with van der Waals surface area (Å²) in [6.07, 6.45) is 1.43. The molecule has 1 aliphatic heterocycles. The fraction of sp³-hybridized carbons (Fsp3) is 0.579. The van der Waals surface area contributed by atoms with E-state index >= 15 is 0 Å². The number of carbonyl (C=O) groups is 2. The molecule has 0 aromatic heterocycles. The summed E-state index contributed by atoms with van der Waals surface area (Å²) in [5, 5.41) is 5.67. The van der Waals surface area contributed by atoms with Crippen LogP contribution in [0.25, 0.3) is 0 Å². The Kier molecular flexibility index (Phi) is 6.82. The maximum Gasteiger partial charge on any atom is 0.315 e. The van der Waals surface area contributed by atoms with E-state index < -0.39 is 6.04 Å². The van der Waals surface area contributed by atoms with Crippen molar-refractivity contribution >= 4 is 11.9 Å². The number of likely N-dealkylation sites (tertiary alicyclic amines) is 1. The molecule has 1 unspecified atom stereocenters. The van der Waals surface area contributed by atoms with Gasteiger partial charge in [0.1, 0.15) is 6.04 Å². The van der Waals surface area contributed by atoms with Crippen molar-refractivity contribution in [3.05, 3.63) is 35.4 Å². The second-order valence-corrected chi connectivity index (χ2v) is 7.33. The van der Waals surface area contributed by atoms with Gasteiger partial charge in [-0.1, -0.05) is 43.7 Å². The molecular formula is C19H30N4O2. The molecule has 3 amide bonds. The fourth-order valence-corrected chi connectivity index (χ4v) is 3.00. The van der Waals surface area contributed by atoms with Crippen molar-refractivity contribution in [2.45, 2.75) is 52.2 Å². The van der Waals surface area contributed by atoms with Crippen LogP contribution in [0.4, 0.5) is 4.79 Å². The van der Waals surface area contributed by atoms with Crippen molar-refractivity contribution in [1.29, 1.82) is 0 Å². The van der Waals surface area contributed by atoms with E-state index in [-0.39, 0.29) is 18.0 Å². The van der Waals surface area contributed by atoms with Crippen LogP contribution in [-0.4, -0.2) is 42.0 Å². The van der Waals surface area contributed by atoms with Gasteiger partial charge in [0.05, 0.1) is 0 Å². The number of benzene rings is 1. The number of nitrogens with zero attached hydrogens (tertiary/aromatic N) is 1. The zero-order valence-electron chi connectivity index (χ0n) is 15.4. The van der Waals surface area contributed by atoms with Crippen LogP contribution in [-0.2, 0) is 11.3 Å². The van der Waals surface area contributed by atoms with Crippen LogP contribution in [0.5, 0.6) is 0 Å². The number of hydrogen-bond donors (Lipinski definition) is 3. The number of aryl methyl sites for hydroxylation is 1. The molecule has 1 fully saturated rings. The Morgan fingerprint density at radius 1 is 1.28 bits per heavy atom. The quantitative estimate of drug-likeness (QED) is 0.733. The van der Waals surface area contributed by atoms with Crippen molar-refractivity contribution in [3.63, 3.8) is 0 Å². The Balaban J connectivity index is 1.90. The van der Waals surface area contributed by atoms with Gasteiger partial charge < -0.3 is 21.3 Å². The molecule has 0 aliphatic carbocycles. The van der Waals surface area contributed by atoms with Crippen LogP contribution in [0.2, 0.25) is 0 Å². The highest BCUT2D eigenvalue weighted by atomic mass is 16.2. The SMILES string of the molecule is Cc1ccc(CNC(=O)NC(CC(C)C)C(=O)N2CC[C@@H](N)C2)cc1. The average Bonchev–Trinajstić information content (AvgIpc) is 2.99. The molecule has 0 bridgehead atoms. The summed E-state index contributed by atoms with van der Waals surface area (Å²) in [7, 11) is 0. The molecule has 25 heavy (non-hydrogen) atoms. The normalized spacial score (nSPS) is 18.3. The molecule has 2 atom stereocenters. The molecule has 1 heterocycles. The molecule has 2 rings (SSSR count). The Labute approximate surface area is 150 Å². The molecular weight excluding hydrogens is 316 g/mol. The third-order valence-corrected chi connectivity index (χ3v) is 4.42. The smallest absolute Gasteiger partial charge is 0.315 e. The molecule has 6 nitrogen and oxygen atoms in total. The molecule has 1 aliphatic rings. The minimum Gasteiger partial charge on any atom is -0.339 e. The first-order valence-electron chi connectivity index (χ1n) is 8.99. The third-order valence-electron chi connectivity index (χ3n) is 4.42. The highest BCUT2D eigenvalue weighted by molar-refractivity contribution is 5.87. The fourth-order valence-electron chi connectivity index (χ4n) is 3.00. The Hall–Kier alpha value is -2.08. The molecule has 138 valence electrons. The van der Waals surface area contributed by atoms with Gasteiger partial charge in [-0.05, 0) is 31.2 Å². The second kappa shape index (κ2) is 8.85. The van der Waals surface area contributed by atoms with Crippen LogP contribution >= 0.6 is 0 Å². The number of amides is 3. The predicted octanol–water partition coefficient (Wildman–Crippen LogP) is 1.77. The number of nitrogens with two attached hydrogens (primary N) is 1. The zero-order valence-corrected chi connectivity index (χ0v) is 15.4. The van der Waals surface area contributed by atoms with Gasteiger partial charge in [0.2, 0.25) is 5.91 Å². The molecule has 1 aromatic carbocycles. The van der Waals surface area contributed by atoms with Crippen LogP contribution in [0.3, 0.4) is 0 Å². The van der Waals surface area contributed by atoms with Crippen molar-refractivity contribution in [1.82, 2.24) is 15.5 Å². The maximum atomic E-state index is 12.7. The zero-order chi connectivity index (χ0) is 18.4. The van der Waals surface area contributed by atoms with E-state index in [1.807, 2.05) is 45.0 Å². The molecule has 1 saturated heterocycles. The Morgan fingerprint density at radius 3 is 2.52 bits per heavy atom. The first kappa shape index (κ1) is 19.2. The summed E-state index contributed by atoms with van der Waals surface area (Å²) in [6, 6.07) is 7.20. The minimum atomic E-state index is -0.511. The summed E-state index contributed by atoms with van der Waals surface area (Å²) < 4.78 is 0. The van der Waals surface area contributed by atoms with Crippen LogP contribution in [0, 0.1) is 12.8 Å². The monoisotopic (exact) mass is 346 g/mol. The third kappa shape index (κ3) is 6.05. The number of carbonyl (C=O) groups excluding carboxylic acids is 2. The van der Waals surface area contributed by atoms with E-state index in [0.29, 0.717) is 32.0 Å². The topological polar surface area (TPSA) is 87.5 Å². The molecule has 4 N–H and O–H groups in total. The van der Waals surface area contributed by atoms with Gasteiger partial charge in [-0.25, -0.2) is 4.79 Å². The highest BCUT2D eigenvalue weighted by Gasteiger charge is 2.30. The van der Waals surface area contributed by atoms with E-state index in [2.05, 4.69) is 10.6 Å². The summed E-state index contributed by atoms with van der Waals surface area (Å²) in [5.74, 6) is 0.273. The maximum absolute atomic E-state index is 12.7. The summed E-state index contributed by atoms with van der Waals surface area (Å²) >= 11 is 0. The summed E-state index contributed by atoms with van der Waals surface area (Å²) in [4.78, 5) is 26.7. The van der Waals surface area contributed by atoms with Crippen LogP contribution in [0.1, 0.15) is 37.8 Å². The van der Waals surface area contributed by atoms with Crippen LogP contribution in [0.15, 0.2) is 24.3 Å². The van der Waals surface area contributed by atoms with Crippen LogP contribution < -0.4 is 16.4 Å². The van der Waals surface area contributed by atoms with E-state index in [1.54, 1.807) is 4.90 Å². The minimum absolute atomic E-state index is 0.0351. The molecule has 0 spiro atoms. The lowest BCUT2D eigenvalue weighted by atomic mass is 10.0. The lowest BCUT2D eigenvalue weighted by Gasteiger charge is -2.25. The van der Waals surface area contributed by atoms with E-state index in [4.69, 9.17) is 5.73 Å². The van der Waals surface area contributed by atoms with Crippen molar-refractivity contribution in [2.24, 2.45) is 11.7 Å². The molecule has 0 radical (unpaired) electrons. The second-order valence-electron chi connectivity index (χ2n) is 7.33. The van der Waals surface area contributed by atoms with Crippen molar-refractivity contribution < 1.29 is 9.59 Å². The lowest BCUT2D eigenvalue weighted by molar-refractivity contribution is -0.132. The van der Waals surface area contributed by atoms with Gasteiger partial charge in [-0.3, -0.25) is 4.79 Å². The van der Waals surface area contributed by atoms with Gasteiger partial charge in [0.25, 0.3) is 0 Å². The number of hydrogen-bond acceptors (Lipinski definition) is 3. The van der Waals surface area contributed by atoms with Gasteiger partial charge in [0, 0.05) is 25.7 Å². The lowest BCUT2D eigenvalue weighted by Crippen LogP contribution is -2.51. The predicted molar refractivity (Wildman–Crippen MR) is 99.0 cm³/mol. The summed E-state index contributed by atoms with van der Waals surface area (Å²) in [5.41, 5.74) is 8.10. The molecule has 6 heteroatoms. The average molecular weight is 346 g/mol. The Bertz CT molecular complexity index is 586. The van der Waals surface area contributed by atoms with Gasteiger partial charge >= 0.3 is 6.03 Å². The summed E-state index contributed by atoms with van der Waals surface area (Å²) in [6.45, 7) is 7.78. The van der Waals surface area contributed by atoms with Gasteiger partial charge in [-0.2, -0.15) is 0 Å². The first-order chi connectivity index (χ1) is 11.8. The number of urea groups is 1. The highest BCUT2D eigenvalue weighted by Crippen LogP contribution is 2.13. The number of nitrogens with one attached hydrogen (secondary N) is 2. The standard InChI is InChI=1S/C19H30N4O2/c1-13(2)10-17(18(24)23-9-8-16(20)12-23)22-19(25)21-11-15-6-4-14(3)5-7-15/h4-7,13,16-17H,8-12,20H2,1-3H3,(H2,21,22,25)/t16-,17?/m1/s1. The van der Waals surface area contributed by atoms with Crippen molar-refractivity contribution in [2.75, 3.05) is 13.1 Å². The molecule has 0 saturated carbocycles. The van der Waals surface area contributed by atoms with E-state index in [9.17, 15) is 9.59 Å². The Morgan fingerprint density at radius 2 is 1.96 bits per heavy atom. The van der Waals surface area contributed by atoms with E-state index in [0.717, 1.165) is 12.0 Å². The van der Waals surface area contributed by atoms with Gasteiger partial charge in [-0.15, -0.1) is 0 Å². The van der Waals surface area contributed by atoms with Gasteiger partial charge in [0.15, 0.2) is 0 Å². The first-order valence-corrected chi connectivity index (χ1v) is 8.99. The van der Waals surface area contributed by atoms with E-state index in [1.165, 1.54) is 5.56 Å². The molecule has 1 aromatic rings. The largest absolute Gasteiger partial charge is 0.339 e. The van der Waals surface area contributed by atoms with Crippen molar-refractivity contribution in [3.8, 4) is 0 Å².